The highest BCUT2D eigenvalue weighted by atomic mass is 16.6. The van der Waals surface area contributed by atoms with Gasteiger partial charge in [0.1, 0.15) is 12.7 Å². The predicted molar refractivity (Wildman–Crippen MR) is 68.9 cm³/mol. The molecule has 1 heterocycles. The van der Waals surface area contributed by atoms with Gasteiger partial charge in [0, 0.05) is 0 Å². The van der Waals surface area contributed by atoms with Crippen LogP contribution in [0.3, 0.4) is 0 Å². The Balaban J connectivity index is 1.71. The maximum Gasteiger partial charge on any atom is 0.407 e. The highest BCUT2D eigenvalue weighted by Crippen LogP contribution is 2.07. The molecule has 0 saturated carbocycles. The van der Waals surface area contributed by atoms with Crippen LogP contribution in [0.1, 0.15) is 5.56 Å². The topological polar surface area (TPSA) is 96.9 Å². The Morgan fingerprint density at radius 2 is 2.15 bits per heavy atom. The second-order valence-corrected chi connectivity index (χ2v) is 4.32. The summed E-state index contributed by atoms with van der Waals surface area (Å²) in [6.07, 6.45) is -1.81. The lowest BCUT2D eigenvalue weighted by Gasteiger charge is -2.15. The first-order valence-electron chi connectivity index (χ1n) is 6.21. The summed E-state index contributed by atoms with van der Waals surface area (Å²) in [4.78, 5) is 22.5. The van der Waals surface area contributed by atoms with E-state index < -0.39 is 24.3 Å². The Bertz CT molecular complexity index is 465. The number of hydrogen-bond acceptors (Lipinski definition) is 5. The van der Waals surface area contributed by atoms with E-state index in [9.17, 15) is 9.59 Å². The van der Waals surface area contributed by atoms with Crippen molar-refractivity contribution in [1.29, 1.82) is 0 Å². The molecule has 0 aliphatic carbocycles. The molecule has 0 aromatic heterocycles. The Hall–Kier alpha value is -2.28. The Kier molecular flexibility index (Phi) is 4.78. The maximum absolute atomic E-state index is 11.5. The van der Waals surface area contributed by atoms with Crippen molar-refractivity contribution in [1.82, 2.24) is 10.6 Å². The molecule has 7 heteroatoms. The van der Waals surface area contributed by atoms with Crippen molar-refractivity contribution in [3.8, 4) is 0 Å². The van der Waals surface area contributed by atoms with Gasteiger partial charge in [-0.3, -0.25) is 0 Å². The minimum atomic E-state index is -0.603. The second-order valence-electron chi connectivity index (χ2n) is 4.32. The number of aliphatic hydroxyl groups is 1. The van der Waals surface area contributed by atoms with Crippen LogP contribution in [0.5, 0.6) is 0 Å². The van der Waals surface area contributed by atoms with Gasteiger partial charge in [-0.15, -0.1) is 0 Å². The second kappa shape index (κ2) is 6.76. The van der Waals surface area contributed by atoms with E-state index >= 15 is 0 Å². The van der Waals surface area contributed by atoms with Crippen LogP contribution in [-0.4, -0.2) is 42.6 Å². The molecule has 1 fully saturated rings. The fourth-order valence-electron chi connectivity index (χ4n) is 1.80. The van der Waals surface area contributed by atoms with Crippen LogP contribution in [0.15, 0.2) is 30.3 Å². The maximum atomic E-state index is 11.5. The smallest absolute Gasteiger partial charge is 0.407 e. The van der Waals surface area contributed by atoms with Gasteiger partial charge in [-0.25, -0.2) is 9.59 Å². The SMILES string of the molecule is O=C(NCC1OC(=O)NC1CO)OCc1ccccc1. The Morgan fingerprint density at radius 1 is 1.40 bits per heavy atom. The summed E-state index contributed by atoms with van der Waals surface area (Å²) in [5, 5.41) is 14.0. The van der Waals surface area contributed by atoms with E-state index in [1.54, 1.807) is 0 Å². The lowest BCUT2D eigenvalue weighted by atomic mass is 10.2. The van der Waals surface area contributed by atoms with Crippen LogP contribution in [0.2, 0.25) is 0 Å². The molecular weight excluding hydrogens is 264 g/mol. The minimum absolute atomic E-state index is 0.0809. The number of carbonyl (C=O) groups excluding carboxylic acids is 2. The van der Waals surface area contributed by atoms with Gasteiger partial charge in [0.05, 0.1) is 19.2 Å². The van der Waals surface area contributed by atoms with Crippen LogP contribution in [-0.2, 0) is 16.1 Å². The van der Waals surface area contributed by atoms with Gasteiger partial charge in [-0.05, 0) is 5.56 Å². The van der Waals surface area contributed by atoms with Gasteiger partial charge in [-0.2, -0.15) is 0 Å². The zero-order valence-corrected chi connectivity index (χ0v) is 10.7. The molecule has 1 aromatic rings. The van der Waals surface area contributed by atoms with E-state index in [-0.39, 0.29) is 19.8 Å². The van der Waals surface area contributed by atoms with Gasteiger partial charge in [-0.1, -0.05) is 30.3 Å². The summed E-state index contributed by atoms with van der Waals surface area (Å²) in [7, 11) is 0. The van der Waals surface area contributed by atoms with Crippen molar-refractivity contribution in [3.63, 3.8) is 0 Å². The number of carbonyl (C=O) groups is 2. The molecule has 2 rings (SSSR count). The Morgan fingerprint density at radius 3 is 2.85 bits per heavy atom. The summed E-state index contributed by atoms with van der Waals surface area (Å²) in [5.74, 6) is 0. The highest BCUT2D eigenvalue weighted by molar-refractivity contribution is 5.71. The molecule has 3 N–H and O–H groups in total. The van der Waals surface area contributed by atoms with Gasteiger partial charge in [0.25, 0.3) is 0 Å². The number of ether oxygens (including phenoxy) is 2. The van der Waals surface area contributed by atoms with Crippen molar-refractivity contribution in [2.45, 2.75) is 18.8 Å². The molecule has 1 saturated heterocycles. The summed E-state index contributed by atoms with van der Waals surface area (Å²) in [5.41, 5.74) is 0.879. The quantitative estimate of drug-likeness (QED) is 0.724. The summed E-state index contributed by atoms with van der Waals surface area (Å²) >= 11 is 0. The number of rotatable bonds is 5. The summed E-state index contributed by atoms with van der Waals surface area (Å²) in [6.45, 7) is -0.00640. The average Bonchev–Trinajstić information content (AvgIpc) is 2.84. The van der Waals surface area contributed by atoms with E-state index in [4.69, 9.17) is 14.6 Å². The van der Waals surface area contributed by atoms with Gasteiger partial charge in [0.2, 0.25) is 0 Å². The minimum Gasteiger partial charge on any atom is -0.445 e. The van der Waals surface area contributed by atoms with Gasteiger partial charge >= 0.3 is 12.2 Å². The molecule has 2 atom stereocenters. The molecule has 0 radical (unpaired) electrons. The van der Waals surface area contributed by atoms with E-state index in [0.717, 1.165) is 5.56 Å². The highest BCUT2D eigenvalue weighted by Gasteiger charge is 2.33. The van der Waals surface area contributed by atoms with E-state index in [1.807, 2.05) is 30.3 Å². The van der Waals surface area contributed by atoms with Crippen molar-refractivity contribution in [2.24, 2.45) is 0 Å². The van der Waals surface area contributed by atoms with E-state index in [2.05, 4.69) is 10.6 Å². The van der Waals surface area contributed by atoms with Crippen LogP contribution in [0.4, 0.5) is 9.59 Å². The van der Waals surface area contributed by atoms with Crippen molar-refractivity contribution < 1.29 is 24.2 Å². The first-order chi connectivity index (χ1) is 9.69. The zero-order chi connectivity index (χ0) is 14.4. The molecule has 2 unspecified atom stereocenters. The zero-order valence-electron chi connectivity index (χ0n) is 10.7. The third kappa shape index (κ3) is 3.86. The molecule has 1 aromatic carbocycles. The first kappa shape index (κ1) is 14.1. The number of alkyl carbamates (subject to hydrolysis) is 2. The molecule has 1 aliphatic heterocycles. The van der Waals surface area contributed by atoms with Crippen LogP contribution < -0.4 is 10.6 Å². The monoisotopic (exact) mass is 280 g/mol. The lowest BCUT2D eigenvalue weighted by Crippen LogP contribution is -2.42. The summed E-state index contributed by atoms with van der Waals surface area (Å²) in [6, 6.07) is 8.75. The van der Waals surface area contributed by atoms with Gasteiger partial charge < -0.3 is 25.2 Å². The first-order valence-corrected chi connectivity index (χ1v) is 6.21. The van der Waals surface area contributed by atoms with Crippen molar-refractivity contribution >= 4 is 12.2 Å². The molecule has 108 valence electrons. The van der Waals surface area contributed by atoms with Gasteiger partial charge in [0.15, 0.2) is 0 Å². The largest absolute Gasteiger partial charge is 0.445 e. The predicted octanol–water partition coefficient (Wildman–Crippen LogP) is 0.382. The lowest BCUT2D eigenvalue weighted by molar-refractivity contribution is 0.106. The third-order valence-electron chi connectivity index (χ3n) is 2.87. The molecule has 7 nitrogen and oxygen atoms in total. The van der Waals surface area contributed by atoms with E-state index in [0.29, 0.717) is 0 Å². The number of aliphatic hydroxyl groups excluding tert-OH is 1. The third-order valence-corrected chi connectivity index (χ3v) is 2.87. The fraction of sp³-hybridized carbons (Fsp3) is 0.385. The van der Waals surface area contributed by atoms with Crippen LogP contribution >= 0.6 is 0 Å². The van der Waals surface area contributed by atoms with E-state index in [1.165, 1.54) is 0 Å². The molecule has 2 amide bonds. The van der Waals surface area contributed by atoms with Crippen molar-refractivity contribution in [3.05, 3.63) is 35.9 Å². The molecule has 20 heavy (non-hydrogen) atoms. The van der Waals surface area contributed by atoms with Crippen molar-refractivity contribution in [2.75, 3.05) is 13.2 Å². The standard InChI is InChI=1S/C13H16N2O5/c16-7-10-11(20-13(18)15-10)6-14-12(17)19-8-9-4-2-1-3-5-9/h1-5,10-11,16H,6-8H2,(H,14,17)(H,15,18). The van der Waals surface area contributed by atoms with Crippen LogP contribution in [0.25, 0.3) is 0 Å². The normalized spacial score (nSPS) is 20.9. The molecule has 1 aliphatic rings. The number of amides is 2. The Labute approximate surface area is 115 Å². The number of cyclic esters (lactones) is 1. The molecule has 0 bridgehead atoms. The number of hydrogen-bond donors (Lipinski definition) is 3. The molecular formula is C13H16N2O5. The summed E-state index contributed by atoms with van der Waals surface area (Å²) < 4.78 is 9.91. The number of benzene rings is 1. The number of nitrogens with one attached hydrogen (secondary N) is 2. The molecule has 0 spiro atoms. The van der Waals surface area contributed by atoms with Crippen LogP contribution in [0, 0.1) is 0 Å². The fourth-order valence-corrected chi connectivity index (χ4v) is 1.80. The average molecular weight is 280 g/mol.